The molecule has 0 unspecified atom stereocenters. The summed E-state index contributed by atoms with van der Waals surface area (Å²) in [5, 5.41) is 30.9. The molecule has 2 rings (SSSR count). The summed E-state index contributed by atoms with van der Waals surface area (Å²) >= 11 is 0. The zero-order valence-electron chi connectivity index (χ0n) is 10.9. The van der Waals surface area contributed by atoms with Crippen molar-refractivity contribution in [2.24, 2.45) is 0 Å². The number of non-ortho nitro benzene ring substituents is 1. The average molecular weight is 279 g/mol. The molecule has 5 nitrogen and oxygen atoms in total. The van der Waals surface area contributed by atoms with E-state index in [9.17, 15) is 10.1 Å². The van der Waals surface area contributed by atoms with Gasteiger partial charge in [-0.2, -0.15) is 0 Å². The fourth-order valence-corrected chi connectivity index (χ4v) is 1.87. The average Bonchev–Trinajstić information content (AvgIpc) is 2.52. The Morgan fingerprint density at radius 1 is 1.10 bits per heavy atom. The Balaban J connectivity index is 2.73. The number of aliphatic hydroxyl groups excluding tert-OH is 1. The Morgan fingerprint density at radius 3 is 2.38 bits per heavy atom. The van der Waals surface area contributed by atoms with Crippen molar-refractivity contribution in [1.82, 2.24) is 0 Å². The SMILES string of the molecule is [N-]=C=c1ccc(=CC=c2ccccc2=CO)c([N+](=O)[O-])c1. The van der Waals surface area contributed by atoms with E-state index in [1.54, 1.807) is 36.4 Å². The zero-order valence-corrected chi connectivity index (χ0v) is 10.9. The second kappa shape index (κ2) is 6.32. The zero-order chi connectivity index (χ0) is 15.2. The maximum atomic E-state index is 11.0. The molecule has 0 saturated carbocycles. The van der Waals surface area contributed by atoms with Crippen LogP contribution in [-0.4, -0.2) is 15.9 Å². The van der Waals surface area contributed by atoms with Crippen LogP contribution in [0.2, 0.25) is 0 Å². The van der Waals surface area contributed by atoms with Crippen molar-refractivity contribution >= 4 is 30.0 Å². The first-order valence-electron chi connectivity index (χ1n) is 6.09. The third-order valence-electron chi connectivity index (χ3n) is 2.93. The molecule has 5 heteroatoms. The second-order valence-corrected chi connectivity index (χ2v) is 4.23. The van der Waals surface area contributed by atoms with Gasteiger partial charge in [0.15, 0.2) is 0 Å². The molecule has 0 amide bonds. The van der Waals surface area contributed by atoms with Crippen molar-refractivity contribution in [2.75, 3.05) is 0 Å². The molecule has 21 heavy (non-hydrogen) atoms. The van der Waals surface area contributed by atoms with E-state index in [4.69, 9.17) is 10.5 Å². The van der Waals surface area contributed by atoms with E-state index < -0.39 is 4.92 Å². The highest BCUT2D eigenvalue weighted by Gasteiger charge is 2.05. The standard InChI is InChI=1S/C16H11N2O3/c17-10-12-5-6-14(16(9-12)18(20)21)8-7-13-3-1-2-4-15(13)11-19/h1-9,11,19H/q-1. The van der Waals surface area contributed by atoms with Crippen LogP contribution in [0.25, 0.3) is 23.8 Å². The number of hydrogen-bond donors (Lipinski definition) is 1. The van der Waals surface area contributed by atoms with E-state index in [1.807, 2.05) is 5.87 Å². The van der Waals surface area contributed by atoms with Gasteiger partial charge in [-0.3, -0.25) is 16.0 Å². The minimum Gasteiger partial charge on any atom is -0.763 e. The summed E-state index contributed by atoms with van der Waals surface area (Å²) in [7, 11) is 0. The number of aliphatic hydroxyl groups is 1. The molecule has 1 N–H and O–H groups in total. The Labute approximate surface area is 119 Å². The quantitative estimate of drug-likeness (QED) is 0.479. The highest BCUT2D eigenvalue weighted by molar-refractivity contribution is 5.64. The predicted octanol–water partition coefficient (Wildman–Crippen LogP) is 0.0627. The largest absolute Gasteiger partial charge is 0.763 e. The molecular weight excluding hydrogens is 268 g/mol. The van der Waals surface area contributed by atoms with Gasteiger partial charge in [-0.25, -0.2) is 0 Å². The molecule has 0 aliphatic heterocycles. The van der Waals surface area contributed by atoms with Gasteiger partial charge in [0.1, 0.15) is 0 Å². The maximum Gasteiger partial charge on any atom is 0.277 e. The Kier molecular flexibility index (Phi) is 4.29. The van der Waals surface area contributed by atoms with Gasteiger partial charge in [0, 0.05) is 11.3 Å². The topological polar surface area (TPSA) is 85.7 Å². The van der Waals surface area contributed by atoms with E-state index in [1.165, 1.54) is 18.2 Å². The van der Waals surface area contributed by atoms with Gasteiger partial charge in [0.25, 0.3) is 5.69 Å². The first kappa shape index (κ1) is 14.2. The van der Waals surface area contributed by atoms with Crippen LogP contribution in [0.4, 0.5) is 5.69 Å². The monoisotopic (exact) mass is 279 g/mol. The smallest absolute Gasteiger partial charge is 0.277 e. The molecule has 0 spiro atoms. The van der Waals surface area contributed by atoms with Crippen molar-refractivity contribution in [3.8, 4) is 0 Å². The van der Waals surface area contributed by atoms with Gasteiger partial charge in [-0.15, -0.1) is 0 Å². The van der Waals surface area contributed by atoms with Gasteiger partial charge in [-0.1, -0.05) is 30.3 Å². The van der Waals surface area contributed by atoms with Crippen LogP contribution in [0.15, 0.2) is 42.5 Å². The molecule has 0 bridgehead atoms. The van der Waals surface area contributed by atoms with Crippen LogP contribution in [0.5, 0.6) is 0 Å². The van der Waals surface area contributed by atoms with Gasteiger partial charge in [-0.05, 0) is 28.6 Å². The molecule has 104 valence electrons. The van der Waals surface area contributed by atoms with Gasteiger partial charge >= 0.3 is 0 Å². The number of benzene rings is 2. The third-order valence-corrected chi connectivity index (χ3v) is 2.93. The Hall–Kier alpha value is -3.17. The van der Waals surface area contributed by atoms with Crippen LogP contribution < -0.4 is 20.9 Å². The fourth-order valence-electron chi connectivity index (χ4n) is 1.87. The molecule has 0 radical (unpaired) electrons. The van der Waals surface area contributed by atoms with Crippen molar-refractivity contribution in [3.63, 3.8) is 0 Å². The van der Waals surface area contributed by atoms with Gasteiger partial charge < -0.3 is 10.5 Å². The number of hydrogen-bond acceptors (Lipinski definition) is 3. The van der Waals surface area contributed by atoms with Gasteiger partial charge in [0.05, 0.1) is 16.4 Å². The highest BCUT2D eigenvalue weighted by atomic mass is 16.6. The van der Waals surface area contributed by atoms with E-state index >= 15 is 0 Å². The molecule has 0 aliphatic rings. The molecule has 0 aromatic heterocycles. The summed E-state index contributed by atoms with van der Waals surface area (Å²) in [6.07, 6.45) is 4.24. The van der Waals surface area contributed by atoms with E-state index in [0.717, 1.165) is 11.5 Å². The minimum absolute atomic E-state index is 0.129. The molecule has 0 heterocycles. The highest BCUT2D eigenvalue weighted by Crippen LogP contribution is 1.98. The maximum absolute atomic E-state index is 11.0. The first-order chi connectivity index (χ1) is 10.2. The minimum atomic E-state index is -0.523. The Morgan fingerprint density at radius 2 is 1.76 bits per heavy atom. The van der Waals surface area contributed by atoms with E-state index in [0.29, 0.717) is 10.4 Å². The summed E-state index contributed by atoms with van der Waals surface area (Å²) in [6, 6.07) is 11.4. The molecule has 0 saturated heterocycles. The molecule has 0 aliphatic carbocycles. The fraction of sp³-hybridized carbons (Fsp3) is 0. The normalized spacial score (nSPS) is 13.2. The summed E-state index contributed by atoms with van der Waals surface area (Å²) in [5.41, 5.74) is -0.129. The molecule has 0 atom stereocenters. The van der Waals surface area contributed by atoms with Crippen molar-refractivity contribution < 1.29 is 10.0 Å². The lowest BCUT2D eigenvalue weighted by Crippen LogP contribution is -2.23. The van der Waals surface area contributed by atoms with Gasteiger partial charge in [0.2, 0.25) is 0 Å². The lowest BCUT2D eigenvalue weighted by Gasteiger charge is -1.93. The summed E-state index contributed by atoms with van der Waals surface area (Å²) < 4.78 is 0. The molecule has 2 aromatic carbocycles. The lowest BCUT2D eigenvalue weighted by molar-refractivity contribution is -0.385. The molecular formula is C16H11N2O3-. The molecule has 0 fully saturated rings. The van der Waals surface area contributed by atoms with E-state index in [-0.39, 0.29) is 10.9 Å². The van der Waals surface area contributed by atoms with E-state index in [2.05, 4.69) is 0 Å². The van der Waals surface area contributed by atoms with Crippen molar-refractivity contribution in [2.45, 2.75) is 0 Å². The lowest BCUT2D eigenvalue weighted by atomic mass is 10.2. The van der Waals surface area contributed by atoms with Crippen molar-refractivity contribution in [1.29, 1.82) is 0 Å². The third kappa shape index (κ3) is 3.23. The van der Waals surface area contributed by atoms with Crippen LogP contribution in [0, 0.1) is 10.1 Å². The van der Waals surface area contributed by atoms with Crippen LogP contribution in [-0.2, 0) is 0 Å². The second-order valence-electron chi connectivity index (χ2n) is 4.23. The Bertz CT molecular complexity index is 942. The summed E-state index contributed by atoms with van der Waals surface area (Å²) in [4.78, 5) is 10.5. The predicted molar refractivity (Wildman–Crippen MR) is 81.5 cm³/mol. The number of nitro benzene ring substituents is 1. The summed E-state index contributed by atoms with van der Waals surface area (Å²) in [5.74, 6) is 1.87. The van der Waals surface area contributed by atoms with Crippen LogP contribution >= 0.6 is 0 Å². The number of rotatable bonds is 2. The van der Waals surface area contributed by atoms with Crippen LogP contribution in [0.3, 0.4) is 0 Å². The van der Waals surface area contributed by atoms with Crippen LogP contribution in [0.1, 0.15) is 0 Å². The number of nitro groups is 1. The van der Waals surface area contributed by atoms with Crippen molar-refractivity contribution in [3.05, 3.63) is 78.9 Å². The first-order valence-corrected chi connectivity index (χ1v) is 6.09. The number of nitrogens with zero attached hydrogens (tertiary/aromatic N) is 2. The summed E-state index contributed by atoms with van der Waals surface area (Å²) in [6.45, 7) is 0. The molecule has 2 aromatic rings.